The first-order chi connectivity index (χ1) is 10.8. The van der Waals surface area contributed by atoms with Gasteiger partial charge in [0, 0.05) is 11.5 Å². The highest BCUT2D eigenvalue weighted by atomic mass is 16.4. The Morgan fingerprint density at radius 3 is 2.82 bits per heavy atom. The van der Waals surface area contributed by atoms with Crippen LogP contribution in [0.1, 0.15) is 31.6 Å². The lowest BCUT2D eigenvalue weighted by Gasteiger charge is -2.20. The third kappa shape index (κ3) is 2.54. The average Bonchev–Trinajstić information content (AvgIpc) is 3.29. The number of fused-ring (bicyclic) bond motifs is 2. The maximum absolute atomic E-state index is 12.3. The third-order valence-electron chi connectivity index (χ3n) is 5.10. The molecule has 1 amide bonds. The number of carbonyl (C=O) groups excluding carboxylic acids is 1. The molecule has 4 rings (SSSR count). The van der Waals surface area contributed by atoms with E-state index in [1.165, 1.54) is 19.3 Å². The normalized spacial score (nSPS) is 26.3. The van der Waals surface area contributed by atoms with Crippen molar-refractivity contribution in [3.05, 3.63) is 42.4 Å². The van der Waals surface area contributed by atoms with Gasteiger partial charge in [-0.25, -0.2) is 4.98 Å². The van der Waals surface area contributed by atoms with Crippen molar-refractivity contribution in [2.24, 2.45) is 17.8 Å². The molecular weight excluding hydrogens is 276 g/mol. The van der Waals surface area contributed by atoms with Gasteiger partial charge in [0.05, 0.1) is 12.7 Å². The fourth-order valence-electron chi connectivity index (χ4n) is 3.99. The molecule has 4 nitrogen and oxygen atoms in total. The summed E-state index contributed by atoms with van der Waals surface area (Å²) in [6.45, 7) is 0.375. The standard InChI is InChI=1S/C18H20N2O2/c21-18(15-9-12-6-7-14(15)8-12)20-11-17-19-10-16(22-17)13-4-2-1-3-5-13/h1-5,10,12,14-15H,6-9,11H2,(H,20,21). The van der Waals surface area contributed by atoms with E-state index >= 15 is 0 Å². The first-order valence-electron chi connectivity index (χ1n) is 8.07. The minimum absolute atomic E-state index is 0.173. The number of benzene rings is 1. The van der Waals surface area contributed by atoms with Gasteiger partial charge < -0.3 is 9.73 Å². The van der Waals surface area contributed by atoms with Crippen LogP contribution in [-0.2, 0) is 11.3 Å². The molecule has 2 saturated carbocycles. The summed E-state index contributed by atoms with van der Waals surface area (Å²) in [5.74, 6) is 3.08. The van der Waals surface area contributed by atoms with Gasteiger partial charge in [-0.1, -0.05) is 36.8 Å². The molecule has 0 saturated heterocycles. The molecule has 2 aliphatic carbocycles. The fraction of sp³-hybridized carbons (Fsp3) is 0.444. The van der Waals surface area contributed by atoms with Gasteiger partial charge in [-0.2, -0.15) is 0 Å². The molecule has 4 heteroatoms. The molecule has 2 bridgehead atoms. The van der Waals surface area contributed by atoms with E-state index in [9.17, 15) is 4.79 Å². The van der Waals surface area contributed by atoms with Gasteiger partial charge >= 0.3 is 0 Å². The fourth-order valence-corrected chi connectivity index (χ4v) is 3.99. The van der Waals surface area contributed by atoms with Crippen LogP contribution in [0.15, 0.2) is 40.9 Å². The lowest BCUT2D eigenvalue weighted by molar-refractivity contribution is -0.126. The van der Waals surface area contributed by atoms with E-state index < -0.39 is 0 Å². The van der Waals surface area contributed by atoms with Crippen molar-refractivity contribution in [2.75, 3.05) is 0 Å². The molecule has 1 N–H and O–H groups in total. The molecule has 3 atom stereocenters. The number of amides is 1. The molecule has 0 radical (unpaired) electrons. The number of aromatic nitrogens is 1. The van der Waals surface area contributed by atoms with E-state index in [2.05, 4.69) is 10.3 Å². The van der Waals surface area contributed by atoms with Gasteiger partial charge in [-0.15, -0.1) is 0 Å². The number of rotatable bonds is 4. The topological polar surface area (TPSA) is 55.1 Å². The Labute approximate surface area is 129 Å². The van der Waals surface area contributed by atoms with Crippen LogP contribution in [0, 0.1) is 17.8 Å². The van der Waals surface area contributed by atoms with E-state index in [4.69, 9.17) is 4.42 Å². The lowest BCUT2D eigenvalue weighted by Crippen LogP contribution is -2.33. The summed E-state index contributed by atoms with van der Waals surface area (Å²) in [5.41, 5.74) is 1.00. The van der Waals surface area contributed by atoms with Gasteiger partial charge in [-0.3, -0.25) is 4.79 Å². The van der Waals surface area contributed by atoms with Crippen molar-refractivity contribution in [1.29, 1.82) is 0 Å². The summed E-state index contributed by atoms with van der Waals surface area (Å²) in [6.07, 6.45) is 6.56. The Morgan fingerprint density at radius 2 is 2.09 bits per heavy atom. The van der Waals surface area contributed by atoms with Crippen LogP contribution >= 0.6 is 0 Å². The van der Waals surface area contributed by atoms with Crippen molar-refractivity contribution < 1.29 is 9.21 Å². The highest BCUT2D eigenvalue weighted by Gasteiger charge is 2.42. The Balaban J connectivity index is 1.36. The Hall–Kier alpha value is -2.10. The second kappa shape index (κ2) is 5.59. The maximum Gasteiger partial charge on any atom is 0.223 e. The van der Waals surface area contributed by atoms with Crippen molar-refractivity contribution in [1.82, 2.24) is 10.3 Å². The summed E-state index contributed by atoms with van der Waals surface area (Å²) >= 11 is 0. The second-order valence-corrected chi connectivity index (χ2v) is 6.48. The second-order valence-electron chi connectivity index (χ2n) is 6.48. The molecule has 1 heterocycles. The van der Waals surface area contributed by atoms with Crippen molar-refractivity contribution in [2.45, 2.75) is 32.2 Å². The molecule has 114 valence electrons. The minimum atomic E-state index is 0.173. The monoisotopic (exact) mass is 296 g/mol. The molecule has 3 unspecified atom stereocenters. The van der Waals surface area contributed by atoms with Crippen molar-refractivity contribution >= 4 is 5.91 Å². The first kappa shape index (κ1) is 13.6. The number of nitrogens with zero attached hydrogens (tertiary/aromatic N) is 1. The van der Waals surface area contributed by atoms with Gasteiger partial charge in [0.2, 0.25) is 11.8 Å². The number of nitrogens with one attached hydrogen (secondary N) is 1. The Morgan fingerprint density at radius 1 is 1.23 bits per heavy atom. The number of hydrogen-bond donors (Lipinski definition) is 1. The summed E-state index contributed by atoms with van der Waals surface area (Å²) in [7, 11) is 0. The summed E-state index contributed by atoms with van der Waals surface area (Å²) in [6, 6.07) is 9.87. The van der Waals surface area contributed by atoms with E-state index in [-0.39, 0.29) is 11.8 Å². The number of oxazole rings is 1. The van der Waals surface area contributed by atoms with E-state index in [1.807, 2.05) is 30.3 Å². The maximum atomic E-state index is 12.3. The molecule has 22 heavy (non-hydrogen) atoms. The lowest BCUT2D eigenvalue weighted by atomic mass is 9.88. The largest absolute Gasteiger partial charge is 0.439 e. The van der Waals surface area contributed by atoms with E-state index in [0.29, 0.717) is 18.4 Å². The van der Waals surface area contributed by atoms with Gasteiger partial charge in [0.25, 0.3) is 0 Å². The van der Waals surface area contributed by atoms with Crippen LogP contribution in [0.5, 0.6) is 0 Å². The molecule has 2 fully saturated rings. The predicted octanol–water partition coefficient (Wildman–Crippen LogP) is 3.39. The molecule has 2 aliphatic rings. The van der Waals surface area contributed by atoms with Crippen molar-refractivity contribution in [3.8, 4) is 11.3 Å². The van der Waals surface area contributed by atoms with Crippen LogP contribution in [-0.4, -0.2) is 10.9 Å². The molecule has 2 aromatic rings. The minimum Gasteiger partial charge on any atom is -0.439 e. The molecule has 1 aromatic heterocycles. The third-order valence-corrected chi connectivity index (χ3v) is 5.10. The van der Waals surface area contributed by atoms with Crippen LogP contribution in [0.25, 0.3) is 11.3 Å². The summed E-state index contributed by atoms with van der Waals surface area (Å²) < 4.78 is 5.72. The van der Waals surface area contributed by atoms with Crippen LogP contribution in [0.3, 0.4) is 0 Å². The highest BCUT2D eigenvalue weighted by Crippen LogP contribution is 2.48. The van der Waals surface area contributed by atoms with Gasteiger partial charge in [0.15, 0.2) is 5.76 Å². The van der Waals surface area contributed by atoms with Crippen LogP contribution < -0.4 is 5.32 Å². The van der Waals surface area contributed by atoms with Crippen molar-refractivity contribution in [3.63, 3.8) is 0 Å². The molecule has 0 spiro atoms. The summed E-state index contributed by atoms with van der Waals surface area (Å²) in [5, 5.41) is 3.00. The zero-order valence-electron chi connectivity index (χ0n) is 12.5. The zero-order chi connectivity index (χ0) is 14.9. The smallest absolute Gasteiger partial charge is 0.223 e. The Kier molecular flexibility index (Phi) is 3.45. The zero-order valence-corrected chi connectivity index (χ0v) is 12.5. The Bertz CT molecular complexity index is 665. The van der Waals surface area contributed by atoms with Crippen LogP contribution in [0.4, 0.5) is 0 Å². The predicted molar refractivity (Wildman–Crippen MR) is 82.7 cm³/mol. The van der Waals surface area contributed by atoms with Gasteiger partial charge in [0.1, 0.15) is 0 Å². The quantitative estimate of drug-likeness (QED) is 0.941. The van der Waals surface area contributed by atoms with E-state index in [0.717, 1.165) is 23.7 Å². The number of carbonyl (C=O) groups is 1. The summed E-state index contributed by atoms with van der Waals surface area (Å²) in [4.78, 5) is 16.6. The SMILES string of the molecule is O=C(NCc1ncc(-c2ccccc2)o1)C1CC2CCC1C2. The average molecular weight is 296 g/mol. The highest BCUT2D eigenvalue weighted by molar-refractivity contribution is 5.79. The van der Waals surface area contributed by atoms with Crippen LogP contribution in [0.2, 0.25) is 0 Å². The molecular formula is C18H20N2O2. The van der Waals surface area contributed by atoms with E-state index in [1.54, 1.807) is 6.20 Å². The molecule has 1 aromatic carbocycles. The molecule has 0 aliphatic heterocycles. The van der Waals surface area contributed by atoms with Gasteiger partial charge in [-0.05, 0) is 31.1 Å². The first-order valence-corrected chi connectivity index (χ1v) is 8.07. The number of hydrogen-bond acceptors (Lipinski definition) is 3.